The zero-order valence-corrected chi connectivity index (χ0v) is 17.5. The Labute approximate surface area is 168 Å². The first-order valence-corrected chi connectivity index (χ1v) is 11.9. The molecular weight excluding hydrogens is 376 g/mol. The molecule has 0 spiro atoms. The average molecular weight is 409 g/mol. The van der Waals surface area contributed by atoms with Crippen molar-refractivity contribution in [1.82, 2.24) is 9.62 Å². The van der Waals surface area contributed by atoms with E-state index in [2.05, 4.69) is 5.32 Å². The minimum atomic E-state index is -3.50. The van der Waals surface area contributed by atoms with Crippen molar-refractivity contribution in [2.75, 3.05) is 20.2 Å². The third-order valence-corrected chi connectivity index (χ3v) is 7.93. The largest absolute Gasteiger partial charge is 0.497 e. The molecule has 1 aromatic carbocycles. The molecule has 1 aliphatic heterocycles. The fourth-order valence-electron chi connectivity index (χ4n) is 4.25. The molecule has 1 saturated heterocycles. The Morgan fingerprint density at radius 1 is 1.07 bits per heavy atom. The molecule has 28 heavy (non-hydrogen) atoms. The van der Waals surface area contributed by atoms with Crippen LogP contribution in [0, 0.1) is 5.92 Å². The van der Waals surface area contributed by atoms with Crippen molar-refractivity contribution in [1.29, 1.82) is 0 Å². The van der Waals surface area contributed by atoms with Crippen LogP contribution in [0.2, 0.25) is 0 Å². The highest BCUT2D eigenvalue weighted by Gasteiger charge is 2.30. The van der Waals surface area contributed by atoms with Gasteiger partial charge in [-0.15, -0.1) is 0 Å². The van der Waals surface area contributed by atoms with Crippen molar-refractivity contribution in [3.8, 4) is 5.75 Å². The van der Waals surface area contributed by atoms with Gasteiger partial charge in [0.25, 0.3) is 0 Å². The van der Waals surface area contributed by atoms with Crippen LogP contribution in [-0.4, -0.2) is 44.9 Å². The number of piperidine rings is 1. The monoisotopic (exact) mass is 408 g/mol. The van der Waals surface area contributed by atoms with E-state index >= 15 is 0 Å². The number of ether oxygens (including phenoxy) is 1. The zero-order chi connectivity index (χ0) is 20.0. The molecule has 0 unspecified atom stereocenters. The molecule has 1 aliphatic carbocycles. The van der Waals surface area contributed by atoms with Crippen molar-refractivity contribution < 1.29 is 17.9 Å². The Kier molecular flexibility index (Phi) is 7.35. The Morgan fingerprint density at radius 3 is 2.32 bits per heavy atom. The van der Waals surface area contributed by atoms with E-state index in [1.807, 2.05) is 0 Å². The lowest BCUT2D eigenvalue weighted by Gasteiger charge is -2.31. The van der Waals surface area contributed by atoms with Gasteiger partial charge in [-0.1, -0.05) is 32.1 Å². The van der Waals surface area contributed by atoms with Gasteiger partial charge in [-0.25, -0.2) is 8.42 Å². The maximum Gasteiger partial charge on any atom is 0.243 e. The molecule has 0 bridgehead atoms. The first-order valence-electron chi connectivity index (χ1n) is 10.4. The van der Waals surface area contributed by atoms with E-state index in [0.29, 0.717) is 44.0 Å². The van der Waals surface area contributed by atoms with Gasteiger partial charge < -0.3 is 10.1 Å². The second kappa shape index (κ2) is 9.74. The van der Waals surface area contributed by atoms with E-state index in [1.165, 1.54) is 36.4 Å². The summed E-state index contributed by atoms with van der Waals surface area (Å²) >= 11 is 0. The SMILES string of the molecule is COc1ccc(S(=O)(=O)N2CCC(NC(=O)CCC3CCCCC3)CC2)cc1. The van der Waals surface area contributed by atoms with Crippen LogP contribution in [0.1, 0.15) is 57.8 Å². The molecule has 7 heteroatoms. The van der Waals surface area contributed by atoms with Crippen LogP contribution in [-0.2, 0) is 14.8 Å². The van der Waals surface area contributed by atoms with Crippen LogP contribution in [0.15, 0.2) is 29.2 Å². The average Bonchev–Trinajstić information content (AvgIpc) is 2.73. The molecule has 1 heterocycles. The second-order valence-corrected chi connectivity index (χ2v) is 9.90. The Hall–Kier alpha value is -1.60. The summed E-state index contributed by atoms with van der Waals surface area (Å²) in [5.41, 5.74) is 0. The smallest absolute Gasteiger partial charge is 0.243 e. The molecule has 1 saturated carbocycles. The molecular formula is C21H32N2O4S. The van der Waals surface area contributed by atoms with Crippen molar-refractivity contribution >= 4 is 15.9 Å². The van der Waals surface area contributed by atoms with Gasteiger partial charge in [-0.05, 0) is 49.4 Å². The fourth-order valence-corrected chi connectivity index (χ4v) is 5.72. The van der Waals surface area contributed by atoms with E-state index in [9.17, 15) is 13.2 Å². The number of nitrogens with one attached hydrogen (secondary N) is 1. The molecule has 1 aromatic rings. The lowest BCUT2D eigenvalue weighted by molar-refractivity contribution is -0.122. The summed E-state index contributed by atoms with van der Waals surface area (Å²) in [5, 5.41) is 3.11. The number of amides is 1. The zero-order valence-electron chi connectivity index (χ0n) is 16.7. The van der Waals surface area contributed by atoms with Gasteiger partial charge in [0.15, 0.2) is 0 Å². The van der Waals surface area contributed by atoms with Gasteiger partial charge in [-0.3, -0.25) is 4.79 Å². The van der Waals surface area contributed by atoms with Crippen LogP contribution in [0.4, 0.5) is 0 Å². The van der Waals surface area contributed by atoms with Gasteiger partial charge in [0.05, 0.1) is 12.0 Å². The number of benzene rings is 1. The minimum Gasteiger partial charge on any atom is -0.497 e. The minimum absolute atomic E-state index is 0.0705. The lowest BCUT2D eigenvalue weighted by Crippen LogP contribution is -2.46. The molecule has 0 radical (unpaired) electrons. The van der Waals surface area contributed by atoms with Crippen molar-refractivity contribution in [2.45, 2.75) is 68.7 Å². The normalized spacial score (nSPS) is 20.0. The van der Waals surface area contributed by atoms with Gasteiger partial charge in [-0.2, -0.15) is 4.31 Å². The topological polar surface area (TPSA) is 75.7 Å². The first kappa shape index (κ1) is 21.1. The number of rotatable bonds is 7. The van der Waals surface area contributed by atoms with Crippen molar-refractivity contribution in [2.24, 2.45) is 5.92 Å². The molecule has 2 aliphatic rings. The number of sulfonamides is 1. The van der Waals surface area contributed by atoms with Crippen molar-refractivity contribution in [3.05, 3.63) is 24.3 Å². The molecule has 156 valence electrons. The molecule has 1 amide bonds. The molecule has 0 atom stereocenters. The third kappa shape index (κ3) is 5.47. The van der Waals surface area contributed by atoms with E-state index in [0.717, 1.165) is 6.42 Å². The predicted octanol–water partition coefficient (Wildman–Crippen LogP) is 3.33. The Balaban J connectivity index is 1.44. The van der Waals surface area contributed by atoms with Crippen LogP contribution in [0.25, 0.3) is 0 Å². The number of hydrogen-bond donors (Lipinski definition) is 1. The number of hydrogen-bond acceptors (Lipinski definition) is 4. The standard InChI is InChI=1S/C21H32N2O4S/c1-27-19-8-10-20(11-9-19)28(25,26)23-15-13-18(14-16-23)22-21(24)12-7-17-5-3-2-4-6-17/h8-11,17-18H,2-7,12-16H2,1H3,(H,22,24). The molecule has 2 fully saturated rings. The Morgan fingerprint density at radius 2 is 1.71 bits per heavy atom. The summed E-state index contributed by atoms with van der Waals surface area (Å²) < 4.78 is 32.2. The van der Waals surface area contributed by atoms with Crippen LogP contribution in [0.5, 0.6) is 5.75 Å². The third-order valence-electron chi connectivity index (χ3n) is 6.02. The van der Waals surface area contributed by atoms with Crippen molar-refractivity contribution in [3.63, 3.8) is 0 Å². The van der Waals surface area contributed by atoms with Gasteiger partial charge in [0.2, 0.25) is 15.9 Å². The van der Waals surface area contributed by atoms with Gasteiger partial charge >= 0.3 is 0 Å². The molecule has 3 rings (SSSR count). The van der Waals surface area contributed by atoms with Gasteiger partial charge in [0.1, 0.15) is 5.75 Å². The Bertz CT molecular complexity index is 734. The highest BCUT2D eigenvalue weighted by molar-refractivity contribution is 7.89. The summed E-state index contributed by atoms with van der Waals surface area (Å²) in [7, 11) is -1.95. The first-order chi connectivity index (χ1) is 13.5. The summed E-state index contributed by atoms with van der Waals surface area (Å²) in [6.07, 6.45) is 9.34. The quantitative estimate of drug-likeness (QED) is 0.751. The summed E-state index contributed by atoms with van der Waals surface area (Å²) in [6.45, 7) is 0.865. The number of nitrogens with zero attached hydrogens (tertiary/aromatic N) is 1. The highest BCUT2D eigenvalue weighted by atomic mass is 32.2. The van der Waals surface area contributed by atoms with Gasteiger partial charge in [0, 0.05) is 25.6 Å². The molecule has 6 nitrogen and oxygen atoms in total. The molecule has 0 aromatic heterocycles. The number of carbonyl (C=O) groups is 1. The second-order valence-electron chi connectivity index (χ2n) is 7.96. The summed E-state index contributed by atoms with van der Waals surface area (Å²) in [6, 6.07) is 6.54. The van der Waals surface area contributed by atoms with E-state index in [-0.39, 0.29) is 16.8 Å². The van der Waals surface area contributed by atoms with E-state index in [1.54, 1.807) is 31.4 Å². The lowest BCUT2D eigenvalue weighted by atomic mass is 9.86. The fraction of sp³-hybridized carbons (Fsp3) is 0.667. The predicted molar refractivity (Wildman–Crippen MR) is 109 cm³/mol. The van der Waals surface area contributed by atoms with E-state index in [4.69, 9.17) is 4.74 Å². The summed E-state index contributed by atoms with van der Waals surface area (Å²) in [5.74, 6) is 1.45. The summed E-state index contributed by atoms with van der Waals surface area (Å²) in [4.78, 5) is 12.5. The van der Waals surface area contributed by atoms with Crippen LogP contribution < -0.4 is 10.1 Å². The maximum atomic E-state index is 12.8. The molecule has 1 N–H and O–H groups in total. The van der Waals surface area contributed by atoms with Crippen LogP contribution in [0.3, 0.4) is 0 Å². The number of carbonyl (C=O) groups excluding carboxylic acids is 1. The highest BCUT2D eigenvalue weighted by Crippen LogP contribution is 2.27. The van der Waals surface area contributed by atoms with E-state index < -0.39 is 10.0 Å². The number of methoxy groups -OCH3 is 1. The maximum absolute atomic E-state index is 12.8. The van der Waals surface area contributed by atoms with Crippen LogP contribution >= 0.6 is 0 Å².